The highest BCUT2D eigenvalue weighted by atomic mass is 35.5. The van der Waals surface area contributed by atoms with Crippen LogP contribution in [0.1, 0.15) is 0 Å². The van der Waals surface area contributed by atoms with Crippen LogP contribution in [-0.2, 0) is 0 Å². The summed E-state index contributed by atoms with van der Waals surface area (Å²) in [5.41, 5.74) is 0.985. The molecule has 0 aliphatic rings. The van der Waals surface area contributed by atoms with Gasteiger partial charge >= 0.3 is 0 Å². The fourth-order valence-electron chi connectivity index (χ4n) is 2.29. The van der Waals surface area contributed by atoms with Gasteiger partial charge in [-0.15, -0.1) is 0 Å². The fraction of sp³-hybridized carbons (Fsp3) is 0.0667. The van der Waals surface area contributed by atoms with E-state index in [1.54, 1.807) is 28.8 Å². The molecule has 1 aromatic heterocycles. The zero-order valence-electron chi connectivity index (χ0n) is 11.9. The van der Waals surface area contributed by atoms with Crippen LogP contribution in [-0.4, -0.2) is 32.1 Å². The second-order valence-corrected chi connectivity index (χ2v) is 5.48. The highest BCUT2D eigenvalue weighted by molar-refractivity contribution is 7.71. The molecule has 3 aromatic rings. The molecule has 0 spiro atoms. The van der Waals surface area contributed by atoms with Crippen LogP contribution in [0.25, 0.3) is 17.1 Å². The third-order valence-electron chi connectivity index (χ3n) is 3.29. The van der Waals surface area contributed by atoms with Gasteiger partial charge in [-0.1, -0.05) is 17.7 Å². The number of para-hydroxylation sites is 1. The number of methoxy groups -OCH3 is 1. The van der Waals surface area contributed by atoms with Gasteiger partial charge in [0, 0.05) is 6.07 Å². The fourth-order valence-corrected chi connectivity index (χ4v) is 2.76. The summed E-state index contributed by atoms with van der Waals surface area (Å²) in [7, 11) is 1.51. The molecule has 0 aliphatic carbocycles. The van der Waals surface area contributed by atoms with E-state index in [2.05, 4.69) is 10.2 Å². The number of hydrogen-bond acceptors (Lipinski definition) is 5. The van der Waals surface area contributed by atoms with E-state index in [9.17, 15) is 10.2 Å². The molecule has 0 aliphatic heterocycles. The Balaban J connectivity index is 2.29. The first-order valence-electron chi connectivity index (χ1n) is 6.55. The van der Waals surface area contributed by atoms with E-state index >= 15 is 0 Å². The summed E-state index contributed by atoms with van der Waals surface area (Å²) < 4.78 is 7.27. The van der Waals surface area contributed by atoms with Crippen LogP contribution < -0.4 is 4.74 Å². The van der Waals surface area contributed by atoms with Crippen molar-refractivity contribution in [2.24, 2.45) is 0 Å². The number of hydrogen-bond donors (Lipinski definition) is 3. The van der Waals surface area contributed by atoms with E-state index in [-0.39, 0.29) is 11.5 Å². The predicted octanol–water partition coefficient (Wildman–Crippen LogP) is 3.67. The minimum absolute atomic E-state index is 0.0488. The lowest BCUT2D eigenvalue weighted by molar-refractivity contribution is 0.413. The van der Waals surface area contributed by atoms with Crippen molar-refractivity contribution in [3.63, 3.8) is 0 Å². The molecule has 0 atom stereocenters. The number of rotatable bonds is 3. The summed E-state index contributed by atoms with van der Waals surface area (Å²) in [6.45, 7) is 0. The van der Waals surface area contributed by atoms with E-state index in [1.807, 2.05) is 0 Å². The van der Waals surface area contributed by atoms with E-state index in [0.717, 1.165) is 0 Å². The largest absolute Gasteiger partial charge is 0.508 e. The summed E-state index contributed by atoms with van der Waals surface area (Å²) in [5.74, 6) is 0.632. The summed E-state index contributed by atoms with van der Waals surface area (Å²) in [5, 5.41) is 26.8. The Morgan fingerprint density at radius 2 is 2.04 bits per heavy atom. The van der Waals surface area contributed by atoms with Crippen LogP contribution in [0.15, 0.2) is 36.4 Å². The zero-order chi connectivity index (χ0) is 16.6. The number of benzene rings is 2. The first kappa shape index (κ1) is 15.4. The summed E-state index contributed by atoms with van der Waals surface area (Å²) in [4.78, 5) is 0. The third kappa shape index (κ3) is 2.64. The van der Waals surface area contributed by atoms with Crippen LogP contribution in [0.3, 0.4) is 0 Å². The SMILES string of the molecule is COc1c(Cl)cccc1-n1c(-c2ccc(O)cc2O)n[nH]c1=S. The molecule has 8 heteroatoms. The van der Waals surface area contributed by atoms with Crippen LogP contribution in [0, 0.1) is 4.77 Å². The molecule has 3 N–H and O–H groups in total. The Morgan fingerprint density at radius 3 is 2.74 bits per heavy atom. The Labute approximate surface area is 141 Å². The Hall–Kier alpha value is -2.51. The summed E-state index contributed by atoms with van der Waals surface area (Å²) in [6, 6.07) is 9.46. The van der Waals surface area contributed by atoms with Crippen LogP contribution in [0.5, 0.6) is 17.2 Å². The number of aromatic amines is 1. The Bertz CT molecular complexity index is 936. The number of H-pyrrole nitrogens is 1. The van der Waals surface area contributed by atoms with Crippen molar-refractivity contribution in [2.75, 3.05) is 7.11 Å². The molecule has 2 aromatic carbocycles. The average molecular weight is 350 g/mol. The van der Waals surface area contributed by atoms with Crippen LogP contribution in [0.4, 0.5) is 0 Å². The molecule has 1 heterocycles. The summed E-state index contributed by atoms with van der Waals surface area (Å²) >= 11 is 11.5. The minimum Gasteiger partial charge on any atom is -0.508 e. The lowest BCUT2D eigenvalue weighted by Gasteiger charge is -2.13. The van der Waals surface area contributed by atoms with Crippen molar-refractivity contribution in [3.8, 4) is 34.3 Å². The van der Waals surface area contributed by atoms with Gasteiger partial charge in [0.2, 0.25) is 0 Å². The first-order chi connectivity index (χ1) is 11.0. The third-order valence-corrected chi connectivity index (χ3v) is 3.86. The molecule has 6 nitrogen and oxygen atoms in total. The first-order valence-corrected chi connectivity index (χ1v) is 7.34. The normalized spacial score (nSPS) is 10.7. The van der Waals surface area contributed by atoms with Gasteiger partial charge in [-0.3, -0.25) is 9.67 Å². The van der Waals surface area contributed by atoms with E-state index in [4.69, 9.17) is 28.6 Å². The van der Waals surface area contributed by atoms with Gasteiger partial charge in [-0.05, 0) is 36.5 Å². The zero-order valence-corrected chi connectivity index (χ0v) is 13.5. The molecule has 23 heavy (non-hydrogen) atoms. The van der Waals surface area contributed by atoms with Crippen molar-refractivity contribution >= 4 is 23.8 Å². The topological polar surface area (TPSA) is 83.3 Å². The maximum atomic E-state index is 10.1. The van der Waals surface area contributed by atoms with Crippen molar-refractivity contribution in [1.82, 2.24) is 14.8 Å². The molecule has 0 bridgehead atoms. The van der Waals surface area contributed by atoms with Gasteiger partial charge < -0.3 is 14.9 Å². The molecule has 0 unspecified atom stereocenters. The molecular weight excluding hydrogens is 338 g/mol. The van der Waals surface area contributed by atoms with Gasteiger partial charge in [0.05, 0.1) is 23.4 Å². The second-order valence-electron chi connectivity index (χ2n) is 4.68. The van der Waals surface area contributed by atoms with Crippen molar-refractivity contribution < 1.29 is 14.9 Å². The van der Waals surface area contributed by atoms with Crippen LogP contribution >= 0.6 is 23.8 Å². The number of aromatic nitrogens is 3. The molecule has 0 fully saturated rings. The number of halogens is 1. The van der Waals surface area contributed by atoms with Crippen molar-refractivity contribution in [1.29, 1.82) is 0 Å². The molecule has 0 radical (unpaired) electrons. The quantitative estimate of drug-likeness (QED) is 0.628. The Morgan fingerprint density at radius 1 is 1.26 bits per heavy atom. The van der Waals surface area contributed by atoms with Crippen LogP contribution in [0.2, 0.25) is 5.02 Å². The van der Waals surface area contributed by atoms with Gasteiger partial charge in [0.25, 0.3) is 0 Å². The van der Waals surface area contributed by atoms with Gasteiger partial charge in [0.15, 0.2) is 16.3 Å². The molecule has 0 amide bonds. The molecule has 118 valence electrons. The Kier molecular flexibility index (Phi) is 3.97. The molecule has 3 rings (SSSR count). The minimum atomic E-state index is -0.124. The maximum Gasteiger partial charge on any atom is 0.200 e. The molecule has 0 saturated carbocycles. The van der Waals surface area contributed by atoms with E-state index in [0.29, 0.717) is 32.6 Å². The van der Waals surface area contributed by atoms with Crippen molar-refractivity contribution in [3.05, 3.63) is 46.2 Å². The van der Waals surface area contributed by atoms with E-state index < -0.39 is 0 Å². The van der Waals surface area contributed by atoms with Crippen molar-refractivity contribution in [2.45, 2.75) is 0 Å². The number of phenols is 2. The van der Waals surface area contributed by atoms with E-state index in [1.165, 1.54) is 19.2 Å². The monoisotopic (exact) mass is 349 g/mol. The molecule has 0 saturated heterocycles. The maximum absolute atomic E-state index is 10.1. The predicted molar refractivity (Wildman–Crippen MR) is 89.1 cm³/mol. The molecular formula is C15H12ClN3O3S. The van der Waals surface area contributed by atoms with Gasteiger partial charge in [-0.2, -0.15) is 5.10 Å². The van der Waals surface area contributed by atoms with Gasteiger partial charge in [0.1, 0.15) is 11.5 Å². The number of nitrogens with one attached hydrogen (secondary N) is 1. The smallest absolute Gasteiger partial charge is 0.200 e. The standard InChI is InChI=1S/C15H12ClN3O3S/c1-22-13-10(16)3-2-4-11(13)19-14(17-18-15(19)23)9-6-5-8(20)7-12(9)21/h2-7,20-21H,1H3,(H,18,23). The lowest BCUT2D eigenvalue weighted by atomic mass is 10.1. The number of nitrogens with zero attached hydrogens (tertiary/aromatic N) is 2. The highest BCUT2D eigenvalue weighted by Crippen LogP contribution is 2.36. The lowest BCUT2D eigenvalue weighted by Crippen LogP contribution is -2.01. The average Bonchev–Trinajstić information content (AvgIpc) is 2.88. The van der Waals surface area contributed by atoms with Gasteiger partial charge in [-0.25, -0.2) is 0 Å². The second kappa shape index (κ2) is 5.94. The highest BCUT2D eigenvalue weighted by Gasteiger charge is 2.18. The number of phenolic OH excluding ortho intramolecular Hbond substituents is 2. The number of ether oxygens (including phenoxy) is 1. The number of aromatic hydroxyl groups is 2. The summed E-state index contributed by atoms with van der Waals surface area (Å²) in [6.07, 6.45) is 0.